The van der Waals surface area contributed by atoms with E-state index in [0.717, 1.165) is 51.4 Å². The van der Waals surface area contributed by atoms with Gasteiger partial charge in [0.1, 0.15) is 24.4 Å². The number of hydrogen-bond acceptors (Lipinski definition) is 8. The molecule has 1 aliphatic heterocycles. The minimum Gasteiger partial charge on any atom is -0.481 e. The average Bonchev–Trinajstić information content (AvgIpc) is 3.22. The molecule has 5 aliphatic rings. The van der Waals surface area contributed by atoms with Crippen LogP contribution in [0.5, 0.6) is 0 Å². The smallest absolute Gasteiger partial charge is 0.306 e. The van der Waals surface area contributed by atoms with Crippen molar-refractivity contribution < 1.29 is 44.9 Å². The first-order chi connectivity index (χ1) is 20.8. The van der Waals surface area contributed by atoms with E-state index in [9.17, 15) is 35.4 Å². The van der Waals surface area contributed by atoms with Gasteiger partial charge in [-0.2, -0.15) is 0 Å². The van der Waals surface area contributed by atoms with Crippen LogP contribution < -0.4 is 0 Å². The van der Waals surface area contributed by atoms with Gasteiger partial charge in [-0.05, 0) is 118 Å². The summed E-state index contributed by atoms with van der Waals surface area (Å²) in [6.07, 6.45) is 2.81. The highest BCUT2D eigenvalue weighted by atomic mass is 16.7. The number of carbonyl (C=O) groups is 1. The van der Waals surface area contributed by atoms with Crippen LogP contribution in [0.4, 0.5) is 0 Å². The number of rotatable bonds is 9. The van der Waals surface area contributed by atoms with E-state index in [1.165, 1.54) is 0 Å². The van der Waals surface area contributed by atoms with Crippen LogP contribution in [0, 0.1) is 39.4 Å². The number of fused-ring (bicyclic) bond motifs is 4. The predicted octanol–water partition coefficient (Wildman–Crippen LogP) is 4.56. The Bertz CT molecular complexity index is 1140. The third-order valence-electron chi connectivity index (χ3n) is 14.0. The van der Waals surface area contributed by atoms with E-state index in [-0.39, 0.29) is 33.7 Å². The predicted molar refractivity (Wildman–Crippen MR) is 169 cm³/mol. The molecule has 2 saturated carbocycles. The van der Waals surface area contributed by atoms with Crippen molar-refractivity contribution in [2.75, 3.05) is 6.61 Å². The zero-order valence-corrected chi connectivity index (χ0v) is 28.6. The van der Waals surface area contributed by atoms with E-state index in [0.29, 0.717) is 25.2 Å². The summed E-state index contributed by atoms with van der Waals surface area (Å²) >= 11 is 0. The van der Waals surface area contributed by atoms with Crippen LogP contribution in [-0.2, 0) is 14.3 Å². The van der Waals surface area contributed by atoms with Crippen LogP contribution in [0.1, 0.15) is 119 Å². The molecule has 0 spiro atoms. The summed E-state index contributed by atoms with van der Waals surface area (Å²) < 4.78 is 12.2. The van der Waals surface area contributed by atoms with Gasteiger partial charge in [0.25, 0.3) is 0 Å². The van der Waals surface area contributed by atoms with Gasteiger partial charge in [0.05, 0.1) is 24.2 Å². The summed E-state index contributed by atoms with van der Waals surface area (Å²) in [5, 5.41) is 61.6. The number of ether oxygens (including phenoxy) is 2. The maximum Gasteiger partial charge on any atom is 0.306 e. The third-order valence-corrected chi connectivity index (χ3v) is 14.0. The normalized spacial score (nSPS) is 45.4. The van der Waals surface area contributed by atoms with Gasteiger partial charge in [-0.1, -0.05) is 45.8 Å². The Morgan fingerprint density at radius 1 is 0.956 bits per heavy atom. The standard InChI is InChI=1S/C36H60O9/c1-32(2,43)15-8-9-20(30(41)42)21-12-17-36(7)23-10-11-25-33(3,4)26(14-16-34(25,5)22(23)13-18-35(21,36)6)45-31-29(40)28(39)27(38)24(19-37)44-31/h20-21,24-29,31,37-40,43H,8-19H2,1-7H3,(H,41,42)/t20-,21-,24?,25?,26+,27?,28?,29?,31?,34-,35-,36+/m1/s1. The molecule has 5 rings (SSSR count). The van der Waals surface area contributed by atoms with Crippen molar-refractivity contribution in [2.45, 2.75) is 162 Å². The molecule has 0 radical (unpaired) electrons. The first kappa shape index (κ1) is 35.2. The Balaban J connectivity index is 1.37. The van der Waals surface area contributed by atoms with Crippen molar-refractivity contribution in [1.82, 2.24) is 0 Å². The molecule has 0 aromatic carbocycles. The van der Waals surface area contributed by atoms with Crippen LogP contribution in [-0.4, -0.2) is 85.6 Å². The molecule has 1 saturated heterocycles. The molecule has 4 aliphatic carbocycles. The average molecular weight is 637 g/mol. The largest absolute Gasteiger partial charge is 0.481 e. The van der Waals surface area contributed by atoms with Crippen molar-refractivity contribution in [2.24, 2.45) is 39.4 Å². The number of aliphatic carboxylic acids is 1. The number of carboxylic acid groups (broad SMARTS) is 1. The van der Waals surface area contributed by atoms with Crippen molar-refractivity contribution in [3.63, 3.8) is 0 Å². The van der Waals surface area contributed by atoms with Gasteiger partial charge >= 0.3 is 5.97 Å². The highest BCUT2D eigenvalue weighted by molar-refractivity contribution is 5.70. The summed E-state index contributed by atoms with van der Waals surface area (Å²) in [4.78, 5) is 12.7. The quantitative estimate of drug-likeness (QED) is 0.200. The molecule has 12 atom stereocenters. The number of allylic oxidation sites excluding steroid dienone is 2. The second-order valence-electron chi connectivity index (χ2n) is 17.2. The molecule has 0 bridgehead atoms. The summed E-state index contributed by atoms with van der Waals surface area (Å²) in [5.41, 5.74) is 1.94. The topological polar surface area (TPSA) is 157 Å². The van der Waals surface area contributed by atoms with Crippen molar-refractivity contribution >= 4 is 5.97 Å². The molecule has 258 valence electrons. The molecule has 6 N–H and O–H groups in total. The molecule has 6 unspecified atom stereocenters. The molecule has 9 nitrogen and oxygen atoms in total. The van der Waals surface area contributed by atoms with Gasteiger partial charge in [-0.25, -0.2) is 0 Å². The Morgan fingerprint density at radius 3 is 2.27 bits per heavy atom. The molecule has 45 heavy (non-hydrogen) atoms. The Labute approximate surface area is 269 Å². The van der Waals surface area contributed by atoms with Gasteiger partial charge in [0.15, 0.2) is 6.29 Å². The SMILES string of the molecule is CC(C)(O)CCC[C@@H](C(=O)O)[C@H]1CC[C@@]2(C)C3=C(CC[C@]12C)[C@@]1(C)CC[C@H](OC2OC(CO)C(O)C(O)C2O)C(C)(C)C1CC3. The molecular formula is C36H60O9. The lowest BCUT2D eigenvalue weighted by molar-refractivity contribution is -0.325. The maximum absolute atomic E-state index is 12.7. The van der Waals surface area contributed by atoms with Crippen molar-refractivity contribution in [3.8, 4) is 0 Å². The van der Waals surface area contributed by atoms with E-state index >= 15 is 0 Å². The number of hydrogen-bond donors (Lipinski definition) is 6. The fraction of sp³-hybridized carbons (Fsp3) is 0.917. The molecule has 9 heteroatoms. The lowest BCUT2D eigenvalue weighted by Crippen LogP contribution is -2.61. The molecule has 0 aromatic rings. The van der Waals surface area contributed by atoms with Gasteiger partial charge in [-0.3, -0.25) is 4.79 Å². The number of carboxylic acids is 1. The Morgan fingerprint density at radius 2 is 1.64 bits per heavy atom. The van der Waals surface area contributed by atoms with Crippen molar-refractivity contribution in [3.05, 3.63) is 11.1 Å². The highest BCUT2D eigenvalue weighted by Gasteiger charge is 2.64. The first-order valence-corrected chi connectivity index (χ1v) is 17.5. The lowest BCUT2D eigenvalue weighted by Gasteiger charge is -2.62. The monoisotopic (exact) mass is 636 g/mol. The highest BCUT2D eigenvalue weighted by Crippen LogP contribution is 2.72. The van der Waals surface area contributed by atoms with Crippen molar-refractivity contribution in [1.29, 1.82) is 0 Å². The molecular weight excluding hydrogens is 576 g/mol. The second-order valence-corrected chi connectivity index (χ2v) is 17.2. The van der Waals surface area contributed by atoms with E-state index in [2.05, 4.69) is 34.6 Å². The van der Waals surface area contributed by atoms with Crippen LogP contribution in [0.25, 0.3) is 0 Å². The van der Waals surface area contributed by atoms with E-state index in [1.54, 1.807) is 25.0 Å². The second kappa shape index (κ2) is 12.1. The molecule has 3 fully saturated rings. The molecule has 1 heterocycles. The summed E-state index contributed by atoms with van der Waals surface area (Å²) in [6, 6.07) is 0. The first-order valence-electron chi connectivity index (χ1n) is 17.5. The fourth-order valence-electron chi connectivity index (χ4n) is 11.2. The van der Waals surface area contributed by atoms with Crippen LogP contribution in [0.2, 0.25) is 0 Å². The van der Waals surface area contributed by atoms with Crippen LogP contribution in [0.3, 0.4) is 0 Å². The Hall–Kier alpha value is -1.07. The van der Waals surface area contributed by atoms with E-state index in [4.69, 9.17) is 9.47 Å². The zero-order chi connectivity index (χ0) is 33.3. The fourth-order valence-corrected chi connectivity index (χ4v) is 11.2. The third kappa shape index (κ3) is 5.74. The number of aliphatic hydroxyl groups is 5. The summed E-state index contributed by atoms with van der Waals surface area (Å²) in [7, 11) is 0. The van der Waals surface area contributed by atoms with E-state index in [1.807, 2.05) is 0 Å². The van der Waals surface area contributed by atoms with Gasteiger partial charge in [-0.15, -0.1) is 0 Å². The summed E-state index contributed by atoms with van der Waals surface area (Å²) in [6.45, 7) is 14.8. The maximum atomic E-state index is 12.7. The molecule has 0 aromatic heterocycles. The minimum absolute atomic E-state index is 0.0202. The van der Waals surface area contributed by atoms with Gasteiger partial charge in [0.2, 0.25) is 0 Å². The lowest BCUT2D eigenvalue weighted by atomic mass is 9.43. The van der Waals surface area contributed by atoms with Gasteiger partial charge in [0, 0.05) is 0 Å². The minimum atomic E-state index is -1.46. The number of aliphatic hydroxyl groups excluding tert-OH is 4. The van der Waals surface area contributed by atoms with Crippen LogP contribution >= 0.6 is 0 Å². The zero-order valence-electron chi connectivity index (χ0n) is 28.6. The summed E-state index contributed by atoms with van der Waals surface area (Å²) in [5.74, 6) is -0.662. The van der Waals surface area contributed by atoms with Crippen LogP contribution in [0.15, 0.2) is 11.1 Å². The van der Waals surface area contributed by atoms with Gasteiger partial charge < -0.3 is 40.1 Å². The van der Waals surface area contributed by atoms with E-state index < -0.39 is 54.8 Å². The Kier molecular flexibility index (Phi) is 9.49. The molecule has 0 amide bonds.